The van der Waals surface area contributed by atoms with Gasteiger partial charge >= 0.3 is 0 Å². The number of benzene rings is 9. The molecule has 9 aromatic carbocycles. The van der Waals surface area contributed by atoms with Crippen LogP contribution in [0.5, 0.6) is 0 Å². The maximum atomic E-state index is 6.44. The Morgan fingerprint density at radius 2 is 1.12 bits per heavy atom. The van der Waals surface area contributed by atoms with E-state index in [0.29, 0.717) is 5.82 Å². The molecule has 0 fully saturated rings. The summed E-state index contributed by atoms with van der Waals surface area (Å²) in [5.74, 6) is 1.58. The lowest BCUT2D eigenvalue weighted by atomic mass is 10.0. The molecule has 268 valence electrons. The van der Waals surface area contributed by atoms with Crippen LogP contribution >= 0.6 is 22.7 Å². The fraction of sp³-hybridized carbons (Fsp3) is 0. The van der Waals surface area contributed by atoms with Crippen molar-refractivity contribution in [3.05, 3.63) is 164 Å². The summed E-state index contributed by atoms with van der Waals surface area (Å²) in [5, 5.41) is 15.6. The van der Waals surface area contributed by atoms with Gasteiger partial charge in [-0.15, -0.1) is 22.7 Å². The highest BCUT2D eigenvalue weighted by Gasteiger charge is 2.23. The van der Waals surface area contributed by atoms with Crippen molar-refractivity contribution in [2.75, 3.05) is 0 Å². The maximum absolute atomic E-state index is 6.44. The number of hydrogen-bond acceptors (Lipinski definition) is 5. The fourth-order valence-electron chi connectivity index (χ4n) is 9.56. The summed E-state index contributed by atoms with van der Waals surface area (Å²) in [6.07, 6.45) is 0. The van der Waals surface area contributed by atoms with E-state index in [1.54, 1.807) is 11.3 Å². The molecule has 0 spiro atoms. The van der Waals surface area contributed by atoms with Crippen LogP contribution in [-0.4, -0.2) is 14.5 Å². The predicted molar refractivity (Wildman–Crippen MR) is 247 cm³/mol. The van der Waals surface area contributed by atoms with Crippen LogP contribution in [-0.2, 0) is 0 Å². The van der Waals surface area contributed by atoms with Crippen LogP contribution in [0.3, 0.4) is 0 Å². The van der Waals surface area contributed by atoms with Crippen molar-refractivity contribution in [1.29, 1.82) is 0 Å². The van der Waals surface area contributed by atoms with Crippen molar-refractivity contribution >= 4 is 139 Å². The number of hydrogen-bond donors (Lipinski definition) is 0. The number of para-hydroxylation sites is 1. The Morgan fingerprint density at radius 1 is 0.414 bits per heavy atom. The van der Waals surface area contributed by atoms with E-state index in [2.05, 4.69) is 168 Å². The molecule has 0 unspecified atom stereocenters. The molecule has 5 heterocycles. The third-order valence-corrected chi connectivity index (χ3v) is 14.5. The SMILES string of the molecule is c1ccc2c(c1)ccc1oc3ccc(-c4nc(-n5c6ccccc6c6cc7ccc8c9ccccc9sc8c7cc65)c5sc6ccc7ccccc7c6c5n4)cc3c12. The van der Waals surface area contributed by atoms with Crippen LogP contribution in [0.25, 0.3) is 134 Å². The van der Waals surface area contributed by atoms with Gasteiger partial charge in [0.25, 0.3) is 0 Å². The Kier molecular flexibility index (Phi) is 6.02. The molecule has 5 aromatic heterocycles. The van der Waals surface area contributed by atoms with E-state index in [0.717, 1.165) is 54.6 Å². The van der Waals surface area contributed by atoms with E-state index in [1.165, 1.54) is 73.3 Å². The molecule has 0 atom stereocenters. The van der Waals surface area contributed by atoms with Crippen molar-refractivity contribution in [2.24, 2.45) is 0 Å². The van der Waals surface area contributed by atoms with Gasteiger partial charge < -0.3 is 4.42 Å². The lowest BCUT2D eigenvalue weighted by Gasteiger charge is -2.11. The van der Waals surface area contributed by atoms with Gasteiger partial charge in [-0.05, 0) is 81.5 Å². The lowest BCUT2D eigenvalue weighted by molar-refractivity contribution is 0.669. The van der Waals surface area contributed by atoms with E-state index in [4.69, 9.17) is 14.4 Å². The first kappa shape index (κ1) is 31.0. The van der Waals surface area contributed by atoms with Gasteiger partial charge in [-0.25, -0.2) is 9.97 Å². The fourth-order valence-corrected chi connectivity index (χ4v) is 11.9. The minimum Gasteiger partial charge on any atom is -0.456 e. The predicted octanol–water partition coefficient (Wildman–Crippen LogP) is 15.3. The first-order valence-electron chi connectivity index (χ1n) is 19.5. The standard InChI is InChI=1S/C52H27N3OS2/c1-3-11-32-28(9-1)18-23-43-46(32)39-26-31(19-22-42(39)56-43)51-53-48-47-33-12-4-2-10-29(33)20-24-45(47)58-50(48)52(54-51)55-40-15-7-5-13-34(40)38-25-30-17-21-36-35-14-6-8-16-44(35)57-49(36)37(30)27-41(38)55/h1-27H. The molecule has 0 amide bonds. The first-order valence-corrected chi connectivity index (χ1v) is 21.1. The molecule has 6 heteroatoms. The second-order valence-corrected chi connectivity index (χ2v) is 17.4. The number of fused-ring (bicyclic) bond motifs is 18. The van der Waals surface area contributed by atoms with Gasteiger partial charge in [-0.3, -0.25) is 4.57 Å². The molecule has 0 aliphatic heterocycles. The molecule has 0 N–H and O–H groups in total. The topological polar surface area (TPSA) is 43.9 Å². The van der Waals surface area contributed by atoms with Gasteiger partial charge in [0.05, 0.1) is 21.3 Å². The monoisotopic (exact) mass is 773 g/mol. The highest BCUT2D eigenvalue weighted by Crippen LogP contribution is 2.46. The average Bonchev–Trinajstić information content (AvgIpc) is 4.04. The van der Waals surface area contributed by atoms with E-state index in [9.17, 15) is 0 Å². The Labute approximate surface area is 337 Å². The zero-order valence-corrected chi connectivity index (χ0v) is 32.3. The van der Waals surface area contributed by atoms with Crippen LogP contribution in [0.4, 0.5) is 0 Å². The van der Waals surface area contributed by atoms with Gasteiger partial charge in [0.1, 0.15) is 11.2 Å². The minimum atomic E-state index is 0.685. The molecule has 0 bridgehead atoms. The van der Waals surface area contributed by atoms with Gasteiger partial charge in [-0.1, -0.05) is 109 Å². The van der Waals surface area contributed by atoms with Crippen molar-refractivity contribution in [2.45, 2.75) is 0 Å². The number of furan rings is 1. The van der Waals surface area contributed by atoms with Crippen molar-refractivity contribution in [1.82, 2.24) is 14.5 Å². The maximum Gasteiger partial charge on any atom is 0.162 e. The Morgan fingerprint density at radius 3 is 2.00 bits per heavy atom. The Hall–Kier alpha value is -7.12. The van der Waals surface area contributed by atoms with Gasteiger partial charge in [0.15, 0.2) is 11.6 Å². The zero-order valence-electron chi connectivity index (χ0n) is 30.7. The molecule has 14 rings (SSSR count). The van der Waals surface area contributed by atoms with Crippen LogP contribution in [0.1, 0.15) is 0 Å². The molecule has 0 saturated heterocycles. The number of aromatic nitrogens is 3. The van der Waals surface area contributed by atoms with Crippen LogP contribution in [0.15, 0.2) is 168 Å². The molecular weight excluding hydrogens is 747 g/mol. The molecule has 0 aliphatic rings. The summed E-state index contributed by atoms with van der Waals surface area (Å²) in [7, 11) is 0. The van der Waals surface area contributed by atoms with E-state index in [-0.39, 0.29) is 0 Å². The molecule has 0 aliphatic carbocycles. The van der Waals surface area contributed by atoms with Crippen LogP contribution < -0.4 is 0 Å². The molecule has 58 heavy (non-hydrogen) atoms. The van der Waals surface area contributed by atoms with Crippen molar-refractivity contribution < 1.29 is 4.42 Å². The smallest absolute Gasteiger partial charge is 0.162 e. The molecule has 4 nitrogen and oxygen atoms in total. The number of rotatable bonds is 2. The first-order chi connectivity index (χ1) is 28.7. The quantitative estimate of drug-likeness (QED) is 0.176. The molecule has 0 radical (unpaired) electrons. The molecule has 0 saturated carbocycles. The summed E-state index contributed by atoms with van der Waals surface area (Å²) in [6.45, 7) is 0. The number of nitrogens with zero attached hydrogens (tertiary/aromatic N) is 3. The van der Waals surface area contributed by atoms with Crippen LogP contribution in [0.2, 0.25) is 0 Å². The third-order valence-electron chi connectivity index (χ3n) is 12.2. The largest absolute Gasteiger partial charge is 0.456 e. The number of thiophene rings is 2. The zero-order chi connectivity index (χ0) is 37.6. The van der Waals surface area contributed by atoms with Crippen molar-refractivity contribution in [3.8, 4) is 17.2 Å². The minimum absolute atomic E-state index is 0.685. The Bertz CT molecular complexity index is 4110. The second kappa shape index (κ2) is 11.3. The van der Waals surface area contributed by atoms with E-state index < -0.39 is 0 Å². The van der Waals surface area contributed by atoms with E-state index in [1.807, 2.05) is 11.3 Å². The van der Waals surface area contributed by atoms with Gasteiger partial charge in [0.2, 0.25) is 0 Å². The summed E-state index contributed by atoms with van der Waals surface area (Å²) < 4.78 is 13.7. The highest BCUT2D eigenvalue weighted by atomic mass is 32.1. The average molecular weight is 774 g/mol. The summed E-state index contributed by atoms with van der Waals surface area (Å²) in [6, 6.07) is 59.2. The second-order valence-electron chi connectivity index (χ2n) is 15.3. The Balaban J connectivity index is 1.13. The lowest BCUT2D eigenvalue weighted by Crippen LogP contribution is -2.01. The van der Waals surface area contributed by atoms with Gasteiger partial charge in [-0.2, -0.15) is 0 Å². The van der Waals surface area contributed by atoms with Crippen molar-refractivity contribution in [3.63, 3.8) is 0 Å². The third kappa shape index (κ3) is 4.12. The van der Waals surface area contributed by atoms with Crippen LogP contribution in [0, 0.1) is 0 Å². The van der Waals surface area contributed by atoms with Gasteiger partial charge in [0, 0.05) is 62.8 Å². The normalized spacial score (nSPS) is 12.5. The van der Waals surface area contributed by atoms with E-state index >= 15 is 0 Å². The highest BCUT2D eigenvalue weighted by molar-refractivity contribution is 7.27. The summed E-state index contributed by atoms with van der Waals surface area (Å²) in [5.41, 5.74) is 5.90. The molecular formula is C52H27N3OS2. The summed E-state index contributed by atoms with van der Waals surface area (Å²) >= 11 is 3.66. The summed E-state index contributed by atoms with van der Waals surface area (Å²) in [4.78, 5) is 11.2. The molecule has 14 aromatic rings.